The fourth-order valence-corrected chi connectivity index (χ4v) is 2.31. The van der Waals surface area contributed by atoms with Crippen LogP contribution in [0.3, 0.4) is 0 Å². The predicted molar refractivity (Wildman–Crippen MR) is 74.2 cm³/mol. The minimum absolute atomic E-state index is 0.247. The molecular weight excluding hydrogens is 272 g/mol. The maximum atomic E-state index is 11.1. The molecule has 0 unspecified atom stereocenters. The third-order valence-corrected chi connectivity index (χ3v) is 3.30. The molecule has 2 aromatic heterocycles. The van der Waals surface area contributed by atoms with E-state index in [4.69, 9.17) is 9.63 Å². The van der Waals surface area contributed by atoms with Crippen molar-refractivity contribution in [1.29, 1.82) is 0 Å². The maximum Gasteiger partial charge on any atom is 0.335 e. The minimum Gasteiger partial charge on any atom is -0.478 e. The van der Waals surface area contributed by atoms with Crippen LogP contribution in [0.5, 0.6) is 0 Å². The van der Waals surface area contributed by atoms with Crippen molar-refractivity contribution in [3.05, 3.63) is 41.3 Å². The summed E-state index contributed by atoms with van der Waals surface area (Å²) in [4.78, 5) is 19.7. The topological polar surface area (TPSA) is 94.0 Å². The molecule has 0 atom stereocenters. The summed E-state index contributed by atoms with van der Waals surface area (Å²) in [6, 6.07) is 4.92. The highest BCUT2D eigenvalue weighted by Crippen LogP contribution is 2.18. The molecule has 2 heterocycles. The van der Waals surface area contributed by atoms with Gasteiger partial charge in [0.1, 0.15) is 5.82 Å². The summed E-state index contributed by atoms with van der Waals surface area (Å²) in [5.74, 6) is 1.03. The number of nitrogens with zero attached hydrogens (tertiary/aromatic N) is 4. The van der Waals surface area contributed by atoms with Crippen LogP contribution >= 0.6 is 0 Å². The van der Waals surface area contributed by atoms with Gasteiger partial charge in [0.05, 0.1) is 16.6 Å². The molecule has 0 aliphatic rings. The molecule has 0 radical (unpaired) electrons. The second kappa shape index (κ2) is 5.01. The molecule has 7 heteroatoms. The highest BCUT2D eigenvalue weighted by Gasteiger charge is 2.12. The largest absolute Gasteiger partial charge is 0.478 e. The number of carboxylic acids is 1. The lowest BCUT2D eigenvalue weighted by molar-refractivity contribution is 0.0697. The molecule has 3 rings (SSSR count). The molecular formula is C14H14N4O3. The van der Waals surface area contributed by atoms with Crippen LogP contribution in [0.15, 0.2) is 22.7 Å². The molecule has 108 valence electrons. The summed E-state index contributed by atoms with van der Waals surface area (Å²) < 4.78 is 7.05. The van der Waals surface area contributed by atoms with E-state index in [1.54, 1.807) is 25.1 Å². The van der Waals surface area contributed by atoms with Gasteiger partial charge in [-0.3, -0.25) is 0 Å². The van der Waals surface area contributed by atoms with Crippen molar-refractivity contribution >= 4 is 17.0 Å². The van der Waals surface area contributed by atoms with Crippen LogP contribution in [0, 0.1) is 13.8 Å². The molecule has 0 aliphatic heterocycles. The van der Waals surface area contributed by atoms with Gasteiger partial charge in [0.15, 0.2) is 5.82 Å². The number of rotatable bonds is 4. The number of fused-ring (bicyclic) bond motifs is 1. The fraction of sp³-hybridized carbons (Fsp3) is 0.286. The van der Waals surface area contributed by atoms with Crippen LogP contribution in [0.4, 0.5) is 0 Å². The summed E-state index contributed by atoms with van der Waals surface area (Å²) in [6.45, 7) is 4.26. The maximum absolute atomic E-state index is 11.1. The zero-order chi connectivity index (χ0) is 15.0. The summed E-state index contributed by atoms with van der Waals surface area (Å²) in [5.41, 5.74) is 1.82. The van der Waals surface area contributed by atoms with Gasteiger partial charge in [-0.25, -0.2) is 9.78 Å². The fourth-order valence-electron chi connectivity index (χ4n) is 2.31. The first-order chi connectivity index (χ1) is 10.0. The SMILES string of the molecule is Cc1noc(CCn2c(C)nc3ccc(C(=O)O)cc32)n1. The summed E-state index contributed by atoms with van der Waals surface area (Å²) >= 11 is 0. The molecule has 0 amide bonds. The minimum atomic E-state index is -0.949. The molecule has 0 bridgehead atoms. The standard InChI is InChI=1S/C14H14N4O3/c1-8-15-13(21-17-8)5-6-18-9(2)16-11-4-3-10(14(19)20)7-12(11)18/h3-4,7H,5-6H2,1-2H3,(H,19,20). The Labute approximate surface area is 120 Å². The lowest BCUT2D eigenvalue weighted by Gasteiger charge is -2.05. The Hall–Kier alpha value is -2.70. The molecule has 0 spiro atoms. The lowest BCUT2D eigenvalue weighted by atomic mass is 10.2. The number of hydrogen-bond donors (Lipinski definition) is 1. The molecule has 0 aliphatic carbocycles. The third kappa shape index (κ3) is 2.49. The summed E-state index contributed by atoms with van der Waals surface area (Å²) in [5, 5.41) is 12.8. The number of hydrogen-bond acceptors (Lipinski definition) is 5. The second-order valence-corrected chi connectivity index (χ2v) is 4.80. The van der Waals surface area contributed by atoms with Crippen molar-refractivity contribution in [2.24, 2.45) is 0 Å². The average Bonchev–Trinajstić information content (AvgIpc) is 2.98. The van der Waals surface area contributed by atoms with E-state index < -0.39 is 5.97 Å². The van der Waals surface area contributed by atoms with E-state index in [9.17, 15) is 4.79 Å². The molecule has 3 aromatic rings. The summed E-state index contributed by atoms with van der Waals surface area (Å²) in [6.07, 6.45) is 0.574. The van der Waals surface area contributed by atoms with Gasteiger partial charge < -0.3 is 14.2 Å². The van der Waals surface area contributed by atoms with E-state index in [2.05, 4.69) is 15.1 Å². The van der Waals surface area contributed by atoms with Crippen LogP contribution in [0.2, 0.25) is 0 Å². The number of aromatic nitrogens is 4. The van der Waals surface area contributed by atoms with Crippen LogP contribution < -0.4 is 0 Å². The van der Waals surface area contributed by atoms with Gasteiger partial charge in [-0.1, -0.05) is 5.16 Å². The highest BCUT2D eigenvalue weighted by atomic mass is 16.5. The van der Waals surface area contributed by atoms with Crippen molar-refractivity contribution in [2.45, 2.75) is 26.8 Å². The van der Waals surface area contributed by atoms with Crippen LogP contribution in [0.25, 0.3) is 11.0 Å². The van der Waals surface area contributed by atoms with Gasteiger partial charge in [-0.05, 0) is 32.0 Å². The van der Waals surface area contributed by atoms with Gasteiger partial charge in [0.25, 0.3) is 0 Å². The van der Waals surface area contributed by atoms with Crippen molar-refractivity contribution in [1.82, 2.24) is 19.7 Å². The quantitative estimate of drug-likeness (QED) is 0.788. The van der Waals surface area contributed by atoms with Crippen molar-refractivity contribution in [3.63, 3.8) is 0 Å². The zero-order valence-corrected chi connectivity index (χ0v) is 11.7. The Morgan fingerprint density at radius 3 is 2.81 bits per heavy atom. The smallest absolute Gasteiger partial charge is 0.335 e. The van der Waals surface area contributed by atoms with E-state index >= 15 is 0 Å². The van der Waals surface area contributed by atoms with Crippen LogP contribution in [-0.2, 0) is 13.0 Å². The Morgan fingerprint density at radius 2 is 2.14 bits per heavy atom. The first kappa shape index (κ1) is 13.3. The van der Waals surface area contributed by atoms with E-state index in [0.717, 1.165) is 16.9 Å². The van der Waals surface area contributed by atoms with Crippen molar-refractivity contribution < 1.29 is 14.4 Å². The number of aromatic carboxylic acids is 1. The molecule has 0 saturated carbocycles. The number of benzene rings is 1. The molecule has 0 saturated heterocycles. The van der Waals surface area contributed by atoms with Crippen LogP contribution in [0.1, 0.15) is 27.9 Å². The van der Waals surface area contributed by atoms with Crippen LogP contribution in [-0.4, -0.2) is 30.8 Å². The Bertz CT molecular complexity index is 819. The number of aryl methyl sites for hydroxylation is 4. The first-order valence-electron chi connectivity index (χ1n) is 6.54. The Kier molecular flexibility index (Phi) is 3.17. The second-order valence-electron chi connectivity index (χ2n) is 4.80. The Balaban J connectivity index is 1.94. The molecule has 0 fully saturated rings. The lowest BCUT2D eigenvalue weighted by Crippen LogP contribution is -2.04. The molecule has 7 nitrogen and oxygen atoms in total. The first-order valence-corrected chi connectivity index (χ1v) is 6.54. The molecule has 1 aromatic carbocycles. The van der Waals surface area contributed by atoms with Gasteiger partial charge in [0.2, 0.25) is 5.89 Å². The zero-order valence-electron chi connectivity index (χ0n) is 11.7. The van der Waals surface area contributed by atoms with Crippen molar-refractivity contribution in [3.8, 4) is 0 Å². The normalized spacial score (nSPS) is 11.1. The van der Waals surface area contributed by atoms with Gasteiger partial charge in [-0.15, -0.1) is 0 Å². The van der Waals surface area contributed by atoms with E-state index in [1.165, 1.54) is 0 Å². The summed E-state index contributed by atoms with van der Waals surface area (Å²) in [7, 11) is 0. The molecule has 1 N–H and O–H groups in total. The van der Waals surface area contributed by atoms with Gasteiger partial charge in [0, 0.05) is 13.0 Å². The average molecular weight is 286 g/mol. The number of carbonyl (C=O) groups is 1. The number of carboxylic acid groups (broad SMARTS) is 1. The molecule has 21 heavy (non-hydrogen) atoms. The predicted octanol–water partition coefficient (Wildman–Crippen LogP) is 1.98. The van der Waals surface area contributed by atoms with Gasteiger partial charge >= 0.3 is 5.97 Å². The Morgan fingerprint density at radius 1 is 1.33 bits per heavy atom. The number of imidazole rings is 1. The third-order valence-electron chi connectivity index (χ3n) is 3.30. The van der Waals surface area contributed by atoms with E-state index in [0.29, 0.717) is 24.7 Å². The van der Waals surface area contributed by atoms with E-state index in [1.807, 2.05) is 11.5 Å². The van der Waals surface area contributed by atoms with Crippen molar-refractivity contribution in [2.75, 3.05) is 0 Å². The highest BCUT2D eigenvalue weighted by molar-refractivity contribution is 5.92. The van der Waals surface area contributed by atoms with E-state index in [-0.39, 0.29) is 5.56 Å². The van der Waals surface area contributed by atoms with Gasteiger partial charge in [-0.2, -0.15) is 4.98 Å². The monoisotopic (exact) mass is 286 g/mol.